The lowest BCUT2D eigenvalue weighted by atomic mass is 9.87. The van der Waals surface area contributed by atoms with Gasteiger partial charge in [0.05, 0.1) is 12.9 Å². The van der Waals surface area contributed by atoms with Crippen LogP contribution in [0.4, 0.5) is 0 Å². The van der Waals surface area contributed by atoms with E-state index in [2.05, 4.69) is 31.6 Å². The molecule has 0 spiro atoms. The largest absolute Gasteiger partial charge is 0.497 e. The van der Waals surface area contributed by atoms with Crippen LogP contribution in [-0.4, -0.2) is 24.7 Å². The fraction of sp³-hybridized carbons (Fsp3) is 0.300. The van der Waals surface area contributed by atoms with Gasteiger partial charge in [0, 0.05) is 10.5 Å². The number of rotatable bonds is 5. The Bertz CT molecular complexity index is 750. The molecule has 26 heavy (non-hydrogen) atoms. The summed E-state index contributed by atoms with van der Waals surface area (Å²) < 4.78 is 5.09. The van der Waals surface area contributed by atoms with Gasteiger partial charge in [0.15, 0.2) is 0 Å². The Balaban J connectivity index is 1.79. The maximum atomic E-state index is 12.1. The van der Waals surface area contributed by atoms with Crippen molar-refractivity contribution < 1.29 is 14.3 Å². The average Bonchev–Trinajstić information content (AvgIpc) is 2.64. The summed E-state index contributed by atoms with van der Waals surface area (Å²) in [5, 5.41) is 0. The van der Waals surface area contributed by atoms with Crippen molar-refractivity contribution in [3.8, 4) is 5.75 Å². The molecular formula is C20H24N2O3S. The fourth-order valence-electron chi connectivity index (χ4n) is 2.18. The minimum Gasteiger partial charge on any atom is -0.497 e. The topological polar surface area (TPSA) is 67.4 Å². The maximum Gasteiger partial charge on any atom is 0.269 e. The molecule has 0 atom stereocenters. The van der Waals surface area contributed by atoms with Crippen LogP contribution in [0.3, 0.4) is 0 Å². The number of hydrazine groups is 1. The molecule has 0 unspecified atom stereocenters. The Labute approximate surface area is 158 Å². The Morgan fingerprint density at radius 2 is 1.58 bits per heavy atom. The molecule has 0 saturated carbocycles. The second-order valence-electron chi connectivity index (χ2n) is 6.79. The molecule has 0 aromatic heterocycles. The predicted octanol–water partition coefficient (Wildman–Crippen LogP) is 3.55. The van der Waals surface area contributed by atoms with E-state index in [0.29, 0.717) is 5.56 Å². The summed E-state index contributed by atoms with van der Waals surface area (Å²) in [6.07, 6.45) is 0. The molecule has 0 saturated heterocycles. The number of amides is 2. The normalized spacial score (nSPS) is 10.9. The second kappa shape index (κ2) is 8.76. The van der Waals surface area contributed by atoms with Crippen LogP contribution in [0.2, 0.25) is 0 Å². The molecule has 0 heterocycles. The van der Waals surface area contributed by atoms with E-state index >= 15 is 0 Å². The predicted molar refractivity (Wildman–Crippen MR) is 104 cm³/mol. The minimum absolute atomic E-state index is 0.0297. The van der Waals surface area contributed by atoms with Crippen LogP contribution in [0.25, 0.3) is 0 Å². The minimum atomic E-state index is -0.340. The summed E-state index contributed by atoms with van der Waals surface area (Å²) in [4.78, 5) is 24.9. The molecule has 0 radical (unpaired) electrons. The third-order valence-electron chi connectivity index (χ3n) is 3.76. The van der Waals surface area contributed by atoms with Crippen molar-refractivity contribution in [2.45, 2.75) is 31.1 Å². The zero-order valence-corrected chi connectivity index (χ0v) is 16.3. The van der Waals surface area contributed by atoms with Crippen molar-refractivity contribution in [3.05, 3.63) is 59.7 Å². The average molecular weight is 372 g/mol. The molecule has 2 rings (SSSR count). The number of benzene rings is 2. The summed E-state index contributed by atoms with van der Waals surface area (Å²) >= 11 is 1.38. The summed E-state index contributed by atoms with van der Waals surface area (Å²) in [5.74, 6) is 0.359. The molecule has 0 bridgehead atoms. The number of hydrogen-bond acceptors (Lipinski definition) is 4. The van der Waals surface area contributed by atoms with Crippen molar-refractivity contribution in [3.63, 3.8) is 0 Å². The van der Waals surface area contributed by atoms with Crippen LogP contribution in [0.1, 0.15) is 36.7 Å². The first-order valence-corrected chi connectivity index (χ1v) is 9.25. The summed E-state index contributed by atoms with van der Waals surface area (Å²) in [6.45, 7) is 6.34. The van der Waals surface area contributed by atoms with Crippen molar-refractivity contribution in [1.29, 1.82) is 0 Å². The Hall–Kier alpha value is -2.47. The highest BCUT2D eigenvalue weighted by Crippen LogP contribution is 2.22. The van der Waals surface area contributed by atoms with Gasteiger partial charge >= 0.3 is 0 Å². The lowest BCUT2D eigenvalue weighted by Gasteiger charge is -2.19. The lowest BCUT2D eigenvalue weighted by Crippen LogP contribution is -2.42. The molecule has 5 nitrogen and oxygen atoms in total. The van der Waals surface area contributed by atoms with E-state index in [0.717, 1.165) is 16.2 Å². The van der Waals surface area contributed by atoms with E-state index in [9.17, 15) is 9.59 Å². The molecular weight excluding hydrogens is 348 g/mol. The first kappa shape index (κ1) is 19.8. The van der Waals surface area contributed by atoms with Crippen LogP contribution in [0, 0.1) is 0 Å². The van der Waals surface area contributed by atoms with Gasteiger partial charge in [-0.15, -0.1) is 11.8 Å². The van der Waals surface area contributed by atoms with Crippen molar-refractivity contribution in [2.24, 2.45) is 0 Å². The SMILES string of the molecule is COc1ccc(SCC(=O)NNC(=O)c2ccc(C(C)(C)C)cc2)cc1. The van der Waals surface area contributed by atoms with E-state index in [4.69, 9.17) is 4.74 Å². The molecule has 0 fully saturated rings. The van der Waals surface area contributed by atoms with E-state index in [1.165, 1.54) is 11.8 Å². The zero-order chi connectivity index (χ0) is 19.2. The van der Waals surface area contributed by atoms with Crippen LogP contribution >= 0.6 is 11.8 Å². The number of hydrogen-bond donors (Lipinski definition) is 2. The molecule has 2 aromatic carbocycles. The molecule has 2 N–H and O–H groups in total. The molecule has 0 aliphatic rings. The lowest BCUT2D eigenvalue weighted by molar-refractivity contribution is -0.119. The van der Waals surface area contributed by atoms with E-state index in [1.807, 2.05) is 36.4 Å². The van der Waals surface area contributed by atoms with Crippen LogP contribution in [0.5, 0.6) is 5.75 Å². The fourth-order valence-corrected chi connectivity index (χ4v) is 2.88. The smallest absolute Gasteiger partial charge is 0.269 e. The first-order chi connectivity index (χ1) is 12.3. The number of carbonyl (C=O) groups is 2. The second-order valence-corrected chi connectivity index (χ2v) is 7.84. The van der Waals surface area contributed by atoms with E-state index < -0.39 is 0 Å². The number of thioether (sulfide) groups is 1. The van der Waals surface area contributed by atoms with Crippen molar-refractivity contribution in [1.82, 2.24) is 10.9 Å². The molecule has 138 valence electrons. The first-order valence-electron chi connectivity index (χ1n) is 8.26. The number of carbonyl (C=O) groups excluding carboxylic acids is 2. The highest BCUT2D eigenvalue weighted by molar-refractivity contribution is 8.00. The Morgan fingerprint density at radius 3 is 2.12 bits per heavy atom. The van der Waals surface area contributed by atoms with E-state index in [1.54, 1.807) is 19.2 Å². The molecule has 2 aromatic rings. The van der Waals surface area contributed by atoms with Gasteiger partial charge in [-0.3, -0.25) is 20.4 Å². The number of nitrogens with one attached hydrogen (secondary N) is 2. The van der Waals surface area contributed by atoms with Crippen molar-refractivity contribution in [2.75, 3.05) is 12.9 Å². The molecule has 0 aliphatic carbocycles. The quantitative estimate of drug-likeness (QED) is 0.622. The molecule has 0 aliphatic heterocycles. The Kier molecular flexibility index (Phi) is 6.69. The van der Waals surface area contributed by atoms with Crippen LogP contribution < -0.4 is 15.6 Å². The van der Waals surface area contributed by atoms with Gasteiger partial charge in [-0.05, 0) is 47.4 Å². The van der Waals surface area contributed by atoms with Crippen LogP contribution in [0.15, 0.2) is 53.4 Å². The van der Waals surface area contributed by atoms with Gasteiger partial charge in [-0.25, -0.2) is 0 Å². The van der Waals surface area contributed by atoms with Gasteiger partial charge in [-0.1, -0.05) is 32.9 Å². The van der Waals surface area contributed by atoms with Gasteiger partial charge in [-0.2, -0.15) is 0 Å². The van der Waals surface area contributed by atoms with Gasteiger partial charge in [0.1, 0.15) is 5.75 Å². The number of methoxy groups -OCH3 is 1. The highest BCUT2D eigenvalue weighted by atomic mass is 32.2. The van der Waals surface area contributed by atoms with Gasteiger partial charge in [0.25, 0.3) is 5.91 Å². The van der Waals surface area contributed by atoms with Gasteiger partial charge < -0.3 is 4.74 Å². The monoisotopic (exact) mass is 372 g/mol. The van der Waals surface area contributed by atoms with Crippen molar-refractivity contribution >= 4 is 23.6 Å². The molecule has 6 heteroatoms. The maximum absolute atomic E-state index is 12.1. The van der Waals surface area contributed by atoms with E-state index in [-0.39, 0.29) is 23.0 Å². The third kappa shape index (κ3) is 5.81. The van der Waals surface area contributed by atoms with Crippen LogP contribution in [-0.2, 0) is 10.2 Å². The standard InChI is InChI=1S/C20H24N2O3S/c1-20(2,3)15-7-5-14(6-8-15)19(24)22-21-18(23)13-26-17-11-9-16(25-4)10-12-17/h5-12H,13H2,1-4H3,(H,21,23)(H,22,24). The summed E-state index contributed by atoms with van der Waals surface area (Å²) in [7, 11) is 1.61. The Morgan fingerprint density at radius 1 is 0.962 bits per heavy atom. The highest BCUT2D eigenvalue weighted by Gasteiger charge is 2.14. The summed E-state index contributed by atoms with van der Waals surface area (Å²) in [5.41, 5.74) is 6.55. The molecule has 2 amide bonds. The third-order valence-corrected chi connectivity index (χ3v) is 4.77. The number of ether oxygens (including phenoxy) is 1. The zero-order valence-electron chi connectivity index (χ0n) is 15.5. The summed E-state index contributed by atoms with van der Waals surface area (Å²) in [6, 6.07) is 14.8. The van der Waals surface area contributed by atoms with Gasteiger partial charge in [0.2, 0.25) is 5.91 Å².